The van der Waals surface area contributed by atoms with Gasteiger partial charge in [-0.25, -0.2) is 0 Å². The molecule has 1 unspecified atom stereocenters. The summed E-state index contributed by atoms with van der Waals surface area (Å²) < 4.78 is 0. The first-order valence-electron chi connectivity index (χ1n) is 14.1. The van der Waals surface area contributed by atoms with Crippen LogP contribution >= 0.6 is 11.6 Å². The Bertz CT molecular complexity index is 1180. The van der Waals surface area contributed by atoms with Crippen molar-refractivity contribution < 1.29 is 9.59 Å². The Morgan fingerprint density at radius 3 is 2.51 bits per heavy atom. The maximum atomic E-state index is 13.6. The van der Waals surface area contributed by atoms with Gasteiger partial charge < -0.3 is 14.7 Å². The maximum Gasteiger partial charge on any atom is 0.226 e. The summed E-state index contributed by atoms with van der Waals surface area (Å²) in [5, 5.41) is 0.838. The van der Waals surface area contributed by atoms with Crippen molar-refractivity contribution in [3.8, 4) is 0 Å². The number of fused-ring (bicyclic) bond motifs is 3. The van der Waals surface area contributed by atoms with E-state index in [9.17, 15) is 9.59 Å². The molecular formula is C31H38ClN3O2. The van der Waals surface area contributed by atoms with Gasteiger partial charge in [0, 0.05) is 48.6 Å². The average molecular weight is 520 g/mol. The Balaban J connectivity index is 1.16. The first kappa shape index (κ1) is 24.9. The molecule has 4 aliphatic rings. The van der Waals surface area contributed by atoms with Crippen molar-refractivity contribution in [2.45, 2.75) is 69.7 Å². The van der Waals surface area contributed by atoms with E-state index in [1.807, 2.05) is 23.1 Å². The van der Waals surface area contributed by atoms with Crippen LogP contribution in [0, 0.1) is 5.92 Å². The summed E-state index contributed by atoms with van der Waals surface area (Å²) in [5.74, 6) is 0.691. The number of carbonyl (C=O) groups excluding carboxylic acids is 2. The van der Waals surface area contributed by atoms with Crippen molar-refractivity contribution in [2.24, 2.45) is 5.92 Å². The molecule has 0 aromatic heterocycles. The molecule has 2 aromatic rings. The fourth-order valence-corrected chi connectivity index (χ4v) is 7.81. The smallest absolute Gasteiger partial charge is 0.226 e. The second-order valence-electron chi connectivity index (χ2n) is 11.6. The number of hydrogen-bond donors (Lipinski definition) is 0. The van der Waals surface area contributed by atoms with Crippen LogP contribution in [-0.2, 0) is 21.4 Å². The SMILES string of the molecule is CC(=O)N1CC2(CCN(CCC3c4cccc(Cl)c4CCN3C(=O)C3CCCC3)CC2)c2ccccc21. The van der Waals surface area contributed by atoms with E-state index < -0.39 is 0 Å². The van der Waals surface area contributed by atoms with E-state index in [0.29, 0.717) is 5.91 Å². The molecule has 6 rings (SSSR count). The molecule has 3 heterocycles. The van der Waals surface area contributed by atoms with E-state index in [-0.39, 0.29) is 23.3 Å². The molecule has 2 amide bonds. The number of piperidine rings is 1. The molecule has 0 N–H and O–H groups in total. The molecule has 1 aliphatic carbocycles. The van der Waals surface area contributed by atoms with Crippen LogP contribution in [0.3, 0.4) is 0 Å². The topological polar surface area (TPSA) is 43.9 Å². The van der Waals surface area contributed by atoms with Crippen molar-refractivity contribution in [3.63, 3.8) is 0 Å². The number of carbonyl (C=O) groups is 2. The van der Waals surface area contributed by atoms with E-state index >= 15 is 0 Å². The highest BCUT2D eigenvalue weighted by atomic mass is 35.5. The van der Waals surface area contributed by atoms with E-state index in [4.69, 9.17) is 11.6 Å². The summed E-state index contributed by atoms with van der Waals surface area (Å²) in [5.41, 5.74) is 4.98. The number of likely N-dealkylation sites (tertiary alicyclic amines) is 1. The molecule has 1 spiro atoms. The zero-order valence-corrected chi connectivity index (χ0v) is 22.7. The van der Waals surface area contributed by atoms with Gasteiger partial charge in [0.15, 0.2) is 0 Å². The fraction of sp³-hybridized carbons (Fsp3) is 0.548. The highest BCUT2D eigenvalue weighted by molar-refractivity contribution is 6.31. The molecule has 6 heteroatoms. The van der Waals surface area contributed by atoms with Crippen molar-refractivity contribution in [2.75, 3.05) is 37.6 Å². The second-order valence-corrected chi connectivity index (χ2v) is 12.0. The Labute approximate surface area is 225 Å². The lowest BCUT2D eigenvalue weighted by Crippen LogP contribution is -2.47. The molecule has 37 heavy (non-hydrogen) atoms. The Kier molecular flexibility index (Phi) is 6.79. The number of para-hydroxylation sites is 1. The summed E-state index contributed by atoms with van der Waals surface area (Å²) in [6, 6.07) is 14.8. The van der Waals surface area contributed by atoms with E-state index in [2.05, 4.69) is 34.1 Å². The van der Waals surface area contributed by atoms with Crippen LogP contribution in [0.15, 0.2) is 42.5 Å². The van der Waals surface area contributed by atoms with Crippen molar-refractivity contribution >= 4 is 29.1 Å². The van der Waals surface area contributed by atoms with Crippen LogP contribution in [0.1, 0.15) is 74.6 Å². The summed E-state index contributed by atoms with van der Waals surface area (Å²) >= 11 is 6.61. The van der Waals surface area contributed by atoms with Gasteiger partial charge in [-0.2, -0.15) is 0 Å². The number of nitrogens with zero attached hydrogens (tertiary/aromatic N) is 3. The van der Waals surface area contributed by atoms with Crippen LogP contribution in [-0.4, -0.2) is 54.3 Å². The van der Waals surface area contributed by atoms with Crippen LogP contribution < -0.4 is 4.90 Å². The highest BCUT2D eigenvalue weighted by Crippen LogP contribution is 2.47. The van der Waals surface area contributed by atoms with Crippen LogP contribution in [0.5, 0.6) is 0 Å². The largest absolute Gasteiger partial charge is 0.335 e. The molecule has 5 nitrogen and oxygen atoms in total. The van der Waals surface area contributed by atoms with E-state index in [0.717, 1.165) is 82.0 Å². The minimum Gasteiger partial charge on any atom is -0.335 e. The van der Waals surface area contributed by atoms with Gasteiger partial charge >= 0.3 is 0 Å². The number of hydrogen-bond acceptors (Lipinski definition) is 3. The van der Waals surface area contributed by atoms with Crippen molar-refractivity contribution in [1.82, 2.24) is 9.80 Å². The molecule has 1 saturated heterocycles. The third-order valence-corrected chi connectivity index (χ3v) is 9.97. The molecule has 0 bridgehead atoms. The normalized spacial score (nSPS) is 23.4. The molecular weight excluding hydrogens is 482 g/mol. The predicted octanol–water partition coefficient (Wildman–Crippen LogP) is 5.75. The summed E-state index contributed by atoms with van der Waals surface area (Å²) in [4.78, 5) is 32.7. The molecule has 1 saturated carbocycles. The zero-order valence-electron chi connectivity index (χ0n) is 21.9. The summed E-state index contributed by atoms with van der Waals surface area (Å²) in [7, 11) is 0. The predicted molar refractivity (Wildman–Crippen MR) is 148 cm³/mol. The zero-order chi connectivity index (χ0) is 25.6. The highest BCUT2D eigenvalue weighted by Gasteiger charge is 2.45. The standard InChI is InChI=1S/C31H38ClN3O2/c1-22(36)35-21-31(26-10-4-5-12-29(26)35)15-19-33(20-16-31)17-14-28-25-9-6-11-27(32)24(25)13-18-34(28)30(37)23-7-2-3-8-23/h4-6,9-12,23,28H,2-3,7-8,13-21H2,1H3. The minimum atomic E-state index is 0.0637. The first-order valence-corrected chi connectivity index (χ1v) is 14.5. The van der Waals surface area contributed by atoms with Gasteiger partial charge in [0.1, 0.15) is 0 Å². The number of halogens is 1. The number of amides is 2. The van der Waals surface area contributed by atoms with E-state index in [1.165, 1.54) is 29.5 Å². The minimum absolute atomic E-state index is 0.0637. The van der Waals surface area contributed by atoms with E-state index in [1.54, 1.807) is 6.92 Å². The van der Waals surface area contributed by atoms with Crippen molar-refractivity contribution in [1.29, 1.82) is 0 Å². The lowest BCUT2D eigenvalue weighted by Gasteiger charge is -2.42. The molecule has 2 aromatic carbocycles. The number of rotatable bonds is 4. The quantitative estimate of drug-likeness (QED) is 0.517. The molecule has 2 fully saturated rings. The summed E-state index contributed by atoms with van der Waals surface area (Å²) in [6.45, 7) is 6.26. The van der Waals surface area contributed by atoms with Crippen LogP contribution in [0.25, 0.3) is 0 Å². The fourth-order valence-electron chi connectivity index (χ4n) is 7.54. The van der Waals surface area contributed by atoms with Gasteiger partial charge in [-0.1, -0.05) is 54.8 Å². The first-order chi connectivity index (χ1) is 18.0. The Hall–Kier alpha value is -2.37. The average Bonchev–Trinajstić information content (AvgIpc) is 3.56. The van der Waals surface area contributed by atoms with Gasteiger partial charge in [0.25, 0.3) is 0 Å². The van der Waals surface area contributed by atoms with Gasteiger partial charge in [-0.3, -0.25) is 9.59 Å². The molecule has 3 aliphatic heterocycles. The summed E-state index contributed by atoms with van der Waals surface area (Å²) in [6.07, 6.45) is 8.34. The van der Waals surface area contributed by atoms with Gasteiger partial charge in [-0.15, -0.1) is 0 Å². The molecule has 1 atom stereocenters. The van der Waals surface area contributed by atoms with Gasteiger partial charge in [-0.05, 0) is 80.4 Å². The van der Waals surface area contributed by atoms with Crippen LogP contribution in [0.2, 0.25) is 5.02 Å². The number of benzene rings is 2. The van der Waals surface area contributed by atoms with Gasteiger partial charge in [0.05, 0.1) is 6.04 Å². The maximum absolute atomic E-state index is 13.6. The second kappa shape index (κ2) is 10.1. The monoisotopic (exact) mass is 519 g/mol. The lowest BCUT2D eigenvalue weighted by molar-refractivity contribution is -0.138. The molecule has 196 valence electrons. The molecule has 0 radical (unpaired) electrons. The number of anilines is 1. The third-order valence-electron chi connectivity index (χ3n) is 9.62. The Morgan fingerprint density at radius 1 is 1.00 bits per heavy atom. The Morgan fingerprint density at radius 2 is 1.76 bits per heavy atom. The van der Waals surface area contributed by atoms with Crippen molar-refractivity contribution in [3.05, 3.63) is 64.2 Å². The van der Waals surface area contributed by atoms with Gasteiger partial charge in [0.2, 0.25) is 11.8 Å². The third kappa shape index (κ3) is 4.48. The lowest BCUT2D eigenvalue weighted by atomic mass is 9.74. The van der Waals surface area contributed by atoms with Crippen LogP contribution in [0.4, 0.5) is 5.69 Å².